The van der Waals surface area contributed by atoms with Crippen LogP contribution < -0.4 is 15.2 Å². The van der Waals surface area contributed by atoms with E-state index in [2.05, 4.69) is 5.16 Å². The maximum atomic E-state index is 5.53. The molecule has 2 N–H and O–H groups in total. The largest absolute Gasteiger partial charge is 0.454 e. The Kier molecular flexibility index (Phi) is 2.36. The third-order valence-electron chi connectivity index (χ3n) is 2.50. The molecular weight excluding hydrogens is 240 g/mol. The Morgan fingerprint density at radius 2 is 2.24 bits per heavy atom. The van der Waals surface area contributed by atoms with Gasteiger partial charge in [0, 0.05) is 11.6 Å². The lowest BCUT2D eigenvalue weighted by atomic mass is 10.1. The van der Waals surface area contributed by atoms with Crippen molar-refractivity contribution in [2.75, 3.05) is 18.8 Å². The number of benzene rings is 1. The summed E-state index contributed by atoms with van der Waals surface area (Å²) in [6.07, 6.45) is 1.98. The van der Waals surface area contributed by atoms with Crippen LogP contribution in [0.3, 0.4) is 0 Å². The number of nitrogen functional groups attached to an aromatic ring is 1. The second-order valence-corrected chi connectivity index (χ2v) is 4.31. The number of nitrogens with two attached hydrogens (primary N) is 1. The van der Waals surface area contributed by atoms with Crippen LogP contribution in [0.5, 0.6) is 11.5 Å². The summed E-state index contributed by atoms with van der Waals surface area (Å²) >= 11 is 1.58. The van der Waals surface area contributed by atoms with E-state index in [-0.39, 0.29) is 6.79 Å². The fourth-order valence-corrected chi connectivity index (χ4v) is 2.50. The van der Waals surface area contributed by atoms with E-state index < -0.39 is 0 Å². The summed E-state index contributed by atoms with van der Waals surface area (Å²) in [6, 6.07) is 5.48. The highest BCUT2D eigenvalue weighted by Gasteiger charge is 2.22. The summed E-state index contributed by atoms with van der Waals surface area (Å²) in [5.74, 6) is 1.82. The van der Waals surface area contributed by atoms with Crippen molar-refractivity contribution in [2.24, 2.45) is 0 Å². The first-order valence-corrected chi connectivity index (χ1v) is 6.21. The van der Waals surface area contributed by atoms with Gasteiger partial charge in [-0.1, -0.05) is 5.16 Å². The first-order chi connectivity index (χ1) is 8.29. The Balaban J connectivity index is 2.17. The van der Waals surface area contributed by atoms with Crippen LogP contribution >= 0.6 is 11.8 Å². The van der Waals surface area contributed by atoms with Gasteiger partial charge in [-0.25, -0.2) is 0 Å². The van der Waals surface area contributed by atoms with Crippen LogP contribution in [-0.4, -0.2) is 18.2 Å². The van der Waals surface area contributed by atoms with E-state index in [0.717, 1.165) is 22.0 Å². The molecule has 3 rings (SSSR count). The van der Waals surface area contributed by atoms with Gasteiger partial charge in [0.2, 0.25) is 12.7 Å². The van der Waals surface area contributed by atoms with Gasteiger partial charge in [-0.2, -0.15) is 0 Å². The van der Waals surface area contributed by atoms with Crippen molar-refractivity contribution in [1.29, 1.82) is 0 Å². The number of aromatic nitrogens is 1. The summed E-state index contributed by atoms with van der Waals surface area (Å²) in [5.41, 5.74) is 7.16. The van der Waals surface area contributed by atoms with E-state index in [0.29, 0.717) is 11.6 Å². The second kappa shape index (κ2) is 3.89. The average molecular weight is 250 g/mol. The molecule has 0 aliphatic carbocycles. The van der Waals surface area contributed by atoms with E-state index in [1.165, 1.54) is 0 Å². The molecule has 0 saturated heterocycles. The van der Waals surface area contributed by atoms with Crippen molar-refractivity contribution < 1.29 is 14.0 Å². The highest BCUT2D eigenvalue weighted by atomic mass is 32.2. The maximum Gasteiger partial charge on any atom is 0.231 e. The molecule has 6 heteroatoms. The molecule has 1 aromatic carbocycles. The number of fused-ring (bicyclic) bond motifs is 1. The zero-order valence-electron chi connectivity index (χ0n) is 9.10. The third kappa shape index (κ3) is 1.61. The van der Waals surface area contributed by atoms with E-state index in [1.807, 2.05) is 18.4 Å². The number of thioether (sulfide) groups is 1. The standard InChI is InChI=1S/C11H10N2O3S/c1-17-11-6(7-4-9(12)16-13-7)2-3-8-10(11)15-5-14-8/h2-4H,5,12H2,1H3. The molecule has 1 aliphatic heterocycles. The molecule has 1 aromatic heterocycles. The van der Waals surface area contributed by atoms with Crippen molar-refractivity contribution in [2.45, 2.75) is 4.90 Å². The molecule has 5 nitrogen and oxygen atoms in total. The number of ether oxygens (including phenoxy) is 2. The molecule has 2 heterocycles. The second-order valence-electron chi connectivity index (χ2n) is 3.49. The normalized spacial score (nSPS) is 13.0. The van der Waals surface area contributed by atoms with E-state index in [4.69, 9.17) is 19.7 Å². The summed E-state index contributed by atoms with van der Waals surface area (Å²) in [5, 5.41) is 3.91. The van der Waals surface area contributed by atoms with Crippen molar-refractivity contribution in [3.05, 3.63) is 18.2 Å². The number of anilines is 1. The summed E-state index contributed by atoms with van der Waals surface area (Å²) in [4.78, 5) is 0.980. The van der Waals surface area contributed by atoms with Gasteiger partial charge in [-0.15, -0.1) is 11.8 Å². The minimum atomic E-state index is 0.257. The van der Waals surface area contributed by atoms with Crippen LogP contribution in [0.25, 0.3) is 11.3 Å². The lowest BCUT2D eigenvalue weighted by Gasteiger charge is -2.07. The predicted molar refractivity (Wildman–Crippen MR) is 64.3 cm³/mol. The first-order valence-electron chi connectivity index (χ1n) is 4.98. The van der Waals surface area contributed by atoms with E-state index in [9.17, 15) is 0 Å². The van der Waals surface area contributed by atoms with Gasteiger partial charge in [0.15, 0.2) is 11.5 Å². The number of rotatable bonds is 2. The quantitative estimate of drug-likeness (QED) is 0.825. The fourth-order valence-electron chi connectivity index (χ4n) is 1.77. The molecular formula is C11H10N2O3S. The zero-order valence-corrected chi connectivity index (χ0v) is 9.91. The van der Waals surface area contributed by atoms with Crippen molar-refractivity contribution >= 4 is 17.6 Å². The van der Waals surface area contributed by atoms with E-state index in [1.54, 1.807) is 17.8 Å². The van der Waals surface area contributed by atoms with Crippen molar-refractivity contribution in [3.8, 4) is 22.8 Å². The van der Waals surface area contributed by atoms with Gasteiger partial charge in [-0.3, -0.25) is 0 Å². The molecule has 0 atom stereocenters. The molecule has 0 bridgehead atoms. The van der Waals surface area contributed by atoms with E-state index >= 15 is 0 Å². The van der Waals surface area contributed by atoms with Crippen LogP contribution in [-0.2, 0) is 0 Å². The number of nitrogens with zero attached hydrogens (tertiary/aromatic N) is 1. The third-order valence-corrected chi connectivity index (χ3v) is 3.32. The van der Waals surface area contributed by atoms with Gasteiger partial charge >= 0.3 is 0 Å². The molecule has 0 spiro atoms. The van der Waals surface area contributed by atoms with Gasteiger partial charge in [-0.05, 0) is 18.4 Å². The fraction of sp³-hybridized carbons (Fsp3) is 0.182. The lowest BCUT2D eigenvalue weighted by Crippen LogP contribution is -1.93. The van der Waals surface area contributed by atoms with Crippen molar-refractivity contribution in [3.63, 3.8) is 0 Å². The molecule has 17 heavy (non-hydrogen) atoms. The Bertz CT molecular complexity index is 568. The van der Waals surface area contributed by atoms with Crippen LogP contribution in [0.4, 0.5) is 5.88 Å². The first kappa shape index (κ1) is 10.3. The minimum absolute atomic E-state index is 0.257. The molecule has 0 amide bonds. The SMILES string of the molecule is CSc1c(-c2cc(N)on2)ccc2c1OCO2. The highest BCUT2D eigenvalue weighted by Crippen LogP contribution is 2.45. The summed E-state index contributed by atoms with van der Waals surface area (Å²) in [7, 11) is 0. The maximum absolute atomic E-state index is 5.53. The molecule has 0 fully saturated rings. The molecule has 88 valence electrons. The van der Waals surface area contributed by atoms with Crippen molar-refractivity contribution in [1.82, 2.24) is 5.16 Å². The smallest absolute Gasteiger partial charge is 0.231 e. The molecule has 0 radical (unpaired) electrons. The van der Waals surface area contributed by atoms with Crippen LogP contribution in [0.1, 0.15) is 0 Å². The zero-order chi connectivity index (χ0) is 11.8. The van der Waals surface area contributed by atoms with Gasteiger partial charge in [0.1, 0.15) is 5.69 Å². The lowest BCUT2D eigenvalue weighted by molar-refractivity contribution is 0.172. The van der Waals surface area contributed by atoms with Gasteiger partial charge in [0.05, 0.1) is 4.90 Å². The Hall–Kier alpha value is -1.82. The summed E-state index contributed by atoms with van der Waals surface area (Å²) in [6.45, 7) is 0.257. The Labute approximate surface area is 102 Å². The predicted octanol–water partition coefficient (Wildman–Crippen LogP) is 2.37. The van der Waals surface area contributed by atoms with Gasteiger partial charge < -0.3 is 19.7 Å². The minimum Gasteiger partial charge on any atom is -0.454 e. The Morgan fingerprint density at radius 3 is 2.94 bits per heavy atom. The molecule has 0 saturated carbocycles. The molecule has 2 aromatic rings. The van der Waals surface area contributed by atoms with Crippen LogP contribution in [0, 0.1) is 0 Å². The van der Waals surface area contributed by atoms with Gasteiger partial charge in [0.25, 0.3) is 0 Å². The number of hydrogen-bond donors (Lipinski definition) is 1. The Morgan fingerprint density at radius 1 is 1.35 bits per heavy atom. The number of hydrogen-bond acceptors (Lipinski definition) is 6. The molecule has 0 unspecified atom stereocenters. The molecule has 1 aliphatic rings. The topological polar surface area (TPSA) is 70.5 Å². The van der Waals surface area contributed by atoms with Crippen LogP contribution in [0.15, 0.2) is 27.6 Å². The summed E-state index contributed by atoms with van der Waals surface area (Å²) < 4.78 is 15.7. The monoisotopic (exact) mass is 250 g/mol. The van der Waals surface area contributed by atoms with Crippen LogP contribution in [0.2, 0.25) is 0 Å². The highest BCUT2D eigenvalue weighted by molar-refractivity contribution is 7.98. The average Bonchev–Trinajstić information content (AvgIpc) is 2.95.